The highest BCUT2D eigenvalue weighted by Gasteiger charge is 2.58. The monoisotopic (exact) mass is 568 g/mol. The fourth-order valence-corrected chi connectivity index (χ4v) is 6.02. The molecule has 11 nitrogen and oxygen atoms in total. The van der Waals surface area contributed by atoms with Gasteiger partial charge in [0.15, 0.2) is 11.9 Å². The minimum absolute atomic E-state index is 0.178. The van der Waals surface area contributed by atoms with E-state index in [-0.39, 0.29) is 9.79 Å². The second kappa shape index (κ2) is 10.2. The Hall–Kier alpha value is -3.17. The molecule has 0 saturated carbocycles. The summed E-state index contributed by atoms with van der Waals surface area (Å²) in [6.07, 6.45) is -4.36. The van der Waals surface area contributed by atoms with Crippen LogP contribution in [0.5, 0.6) is 0 Å². The molecule has 14 heteroatoms. The molecular weight excluding hydrogens is 543 g/mol. The normalized spacial score (nSPS) is 23.9. The smallest absolute Gasteiger partial charge is 0.330 e. The number of nitrogens with zero attached hydrogens (tertiary/aromatic N) is 1. The Morgan fingerprint density at radius 1 is 0.921 bits per heavy atom. The molecule has 0 amide bonds. The summed E-state index contributed by atoms with van der Waals surface area (Å²) in [6.45, 7) is 3.62. The molecule has 1 fully saturated rings. The molecule has 1 N–H and O–H groups in total. The van der Waals surface area contributed by atoms with Gasteiger partial charge >= 0.3 is 5.69 Å². The van der Waals surface area contributed by atoms with Crippen molar-refractivity contribution in [1.29, 1.82) is 0 Å². The number of alkyl halides is 1. The third-order valence-electron chi connectivity index (χ3n) is 6.02. The Morgan fingerprint density at radius 3 is 1.97 bits per heavy atom. The molecule has 3 aromatic rings. The predicted molar refractivity (Wildman–Crippen MR) is 132 cm³/mol. The summed E-state index contributed by atoms with van der Waals surface area (Å²) >= 11 is 0. The number of aryl methyl sites for hydroxylation is 2. The van der Waals surface area contributed by atoms with E-state index in [9.17, 15) is 26.4 Å². The maximum atomic E-state index is 16.3. The van der Waals surface area contributed by atoms with Gasteiger partial charge in [0.2, 0.25) is 0 Å². The molecule has 1 aliphatic rings. The fourth-order valence-electron chi connectivity index (χ4n) is 3.93. The third-order valence-corrected chi connectivity index (χ3v) is 8.63. The molecule has 38 heavy (non-hydrogen) atoms. The first kappa shape index (κ1) is 27.9. The van der Waals surface area contributed by atoms with Gasteiger partial charge in [0.1, 0.15) is 12.2 Å². The number of ether oxygens (including phenoxy) is 1. The summed E-state index contributed by atoms with van der Waals surface area (Å²) in [7, 11) is -8.91. The van der Waals surface area contributed by atoms with E-state index in [2.05, 4.69) is 0 Å². The van der Waals surface area contributed by atoms with Crippen LogP contribution in [-0.2, 0) is 33.3 Å². The van der Waals surface area contributed by atoms with Crippen LogP contribution < -0.4 is 11.2 Å². The number of H-pyrrole nitrogens is 1. The van der Waals surface area contributed by atoms with Crippen LogP contribution >= 0.6 is 0 Å². The molecule has 0 aliphatic carbocycles. The van der Waals surface area contributed by atoms with Crippen molar-refractivity contribution in [2.24, 2.45) is 0 Å². The number of hydrogen-bond donors (Lipinski definition) is 1. The maximum absolute atomic E-state index is 16.3. The zero-order valence-electron chi connectivity index (χ0n) is 20.5. The van der Waals surface area contributed by atoms with Crippen molar-refractivity contribution >= 4 is 20.2 Å². The summed E-state index contributed by atoms with van der Waals surface area (Å²) in [6, 6.07) is 12.3. The molecule has 1 aliphatic heterocycles. The van der Waals surface area contributed by atoms with Crippen molar-refractivity contribution in [3.8, 4) is 0 Å². The topological polar surface area (TPSA) is 151 Å². The lowest BCUT2D eigenvalue weighted by Gasteiger charge is -2.27. The van der Waals surface area contributed by atoms with Gasteiger partial charge in [-0.1, -0.05) is 35.4 Å². The van der Waals surface area contributed by atoms with E-state index in [1.165, 1.54) is 36.4 Å². The van der Waals surface area contributed by atoms with Crippen LogP contribution in [0.2, 0.25) is 0 Å². The Balaban J connectivity index is 1.69. The van der Waals surface area contributed by atoms with Crippen LogP contribution in [0.4, 0.5) is 4.39 Å². The lowest BCUT2D eigenvalue weighted by atomic mass is 9.98. The first-order valence-corrected chi connectivity index (χ1v) is 14.1. The van der Waals surface area contributed by atoms with Gasteiger partial charge in [0.05, 0.1) is 16.4 Å². The van der Waals surface area contributed by atoms with Crippen LogP contribution in [-0.4, -0.2) is 50.9 Å². The quantitative estimate of drug-likeness (QED) is 0.402. The van der Waals surface area contributed by atoms with Gasteiger partial charge in [-0.05, 0) is 45.0 Å². The predicted octanol–water partition coefficient (Wildman–Crippen LogP) is 1.96. The second-order valence-electron chi connectivity index (χ2n) is 9.03. The molecule has 2 heterocycles. The largest absolute Gasteiger partial charge is 0.346 e. The Labute approximate surface area is 218 Å². The number of rotatable bonds is 8. The highest BCUT2D eigenvalue weighted by molar-refractivity contribution is 7.87. The molecule has 0 unspecified atom stereocenters. The molecule has 1 aromatic heterocycles. The lowest BCUT2D eigenvalue weighted by Crippen LogP contribution is -2.46. The maximum Gasteiger partial charge on any atom is 0.330 e. The molecule has 4 atom stereocenters. The molecule has 2 aromatic carbocycles. The van der Waals surface area contributed by atoms with Gasteiger partial charge < -0.3 is 4.74 Å². The third kappa shape index (κ3) is 5.63. The van der Waals surface area contributed by atoms with Gasteiger partial charge in [-0.15, -0.1) is 0 Å². The minimum atomic E-state index is -4.57. The average Bonchev–Trinajstić information content (AvgIpc) is 3.07. The number of benzene rings is 2. The van der Waals surface area contributed by atoms with E-state index < -0.39 is 62.2 Å². The van der Waals surface area contributed by atoms with Crippen molar-refractivity contribution in [2.45, 2.75) is 54.7 Å². The van der Waals surface area contributed by atoms with Crippen molar-refractivity contribution < 1.29 is 34.3 Å². The van der Waals surface area contributed by atoms with E-state index in [0.717, 1.165) is 30.3 Å². The zero-order chi connectivity index (χ0) is 27.9. The number of nitrogens with one attached hydrogen (secondary N) is 1. The van der Waals surface area contributed by atoms with Crippen molar-refractivity contribution in [3.63, 3.8) is 0 Å². The van der Waals surface area contributed by atoms with E-state index in [0.29, 0.717) is 4.57 Å². The van der Waals surface area contributed by atoms with E-state index >= 15 is 4.39 Å². The summed E-state index contributed by atoms with van der Waals surface area (Å²) in [4.78, 5) is 25.4. The number of hydrogen-bond acceptors (Lipinski definition) is 9. The second-order valence-corrected chi connectivity index (χ2v) is 12.2. The lowest BCUT2D eigenvalue weighted by molar-refractivity contribution is -0.0581. The highest BCUT2D eigenvalue weighted by Crippen LogP contribution is 2.44. The minimum Gasteiger partial charge on any atom is -0.346 e. The SMILES string of the molecule is Cc1ccc(S(=O)(=O)OC[C@H]2O[C@@H](n3ccc(=O)[nH]c3=O)[C@](C)(F)[C@@H]2OS(=O)(=O)c2ccc(C)cc2)cc1. The van der Waals surface area contributed by atoms with Crippen LogP contribution in [0.3, 0.4) is 0 Å². The Kier molecular flexibility index (Phi) is 7.47. The summed E-state index contributed by atoms with van der Waals surface area (Å²) in [5.74, 6) is 0. The molecule has 1 saturated heterocycles. The van der Waals surface area contributed by atoms with Gasteiger partial charge in [-0.2, -0.15) is 16.8 Å². The number of aromatic amines is 1. The Morgan fingerprint density at radius 2 is 1.45 bits per heavy atom. The van der Waals surface area contributed by atoms with E-state index in [4.69, 9.17) is 13.1 Å². The number of aromatic nitrogens is 2. The number of halogens is 1. The first-order chi connectivity index (χ1) is 17.7. The molecule has 204 valence electrons. The summed E-state index contributed by atoms with van der Waals surface area (Å²) in [5, 5.41) is 0. The van der Waals surface area contributed by atoms with Gasteiger partial charge in [0, 0.05) is 12.3 Å². The van der Waals surface area contributed by atoms with Gasteiger partial charge in [0.25, 0.3) is 25.8 Å². The standard InChI is InChI=1S/C24H25FN2O9S2/c1-15-4-8-17(9-5-15)37(30,31)34-14-19-21(36-38(32,33)18-10-6-16(2)7-11-18)24(3,25)22(35-19)27-13-12-20(28)26-23(27)29/h4-13,19,21-22H,14H2,1-3H3,(H,26,28,29)/t19-,21-,22-,24-/m1/s1. The van der Waals surface area contributed by atoms with E-state index in [1.807, 2.05) is 4.98 Å². The zero-order valence-corrected chi connectivity index (χ0v) is 22.2. The Bertz CT molecular complexity index is 1650. The van der Waals surface area contributed by atoms with Crippen molar-refractivity contribution in [2.75, 3.05) is 6.61 Å². The van der Waals surface area contributed by atoms with E-state index in [1.54, 1.807) is 26.0 Å². The molecule has 0 spiro atoms. The molecular formula is C24H25FN2O9S2. The van der Waals surface area contributed by atoms with Crippen LogP contribution in [0.15, 0.2) is 80.2 Å². The molecule has 0 radical (unpaired) electrons. The van der Waals surface area contributed by atoms with Crippen LogP contribution in [0.1, 0.15) is 24.3 Å². The highest BCUT2D eigenvalue weighted by atomic mass is 32.2. The van der Waals surface area contributed by atoms with Gasteiger partial charge in [-0.25, -0.2) is 9.18 Å². The van der Waals surface area contributed by atoms with Crippen molar-refractivity contribution in [1.82, 2.24) is 9.55 Å². The van der Waals surface area contributed by atoms with Crippen molar-refractivity contribution in [3.05, 3.63) is 92.8 Å². The molecule has 0 bridgehead atoms. The average molecular weight is 569 g/mol. The summed E-state index contributed by atoms with van der Waals surface area (Å²) in [5.41, 5.74) is -2.90. The summed E-state index contributed by atoms with van der Waals surface area (Å²) < 4.78 is 84.5. The fraction of sp³-hybridized carbons (Fsp3) is 0.333. The van der Waals surface area contributed by atoms with Gasteiger partial charge in [-0.3, -0.25) is 22.7 Å². The first-order valence-electron chi connectivity index (χ1n) is 11.3. The molecule has 4 rings (SSSR count). The van der Waals surface area contributed by atoms with Crippen LogP contribution in [0, 0.1) is 13.8 Å². The van der Waals surface area contributed by atoms with Crippen LogP contribution in [0.25, 0.3) is 0 Å².